The smallest absolute Gasteiger partial charge is 0.0531 e. The van der Waals surface area contributed by atoms with Gasteiger partial charge in [-0.25, -0.2) is 0 Å². The maximum atomic E-state index is 4.18. The molecule has 2 rings (SSSR count). The first-order chi connectivity index (χ1) is 8.24. The van der Waals surface area contributed by atoms with E-state index < -0.39 is 0 Å². The van der Waals surface area contributed by atoms with Gasteiger partial charge in [0.25, 0.3) is 0 Å². The highest BCUT2D eigenvalue weighted by atomic mass is 14.9. The molecule has 0 aliphatic heterocycles. The number of benzene rings is 1. The second-order valence-corrected chi connectivity index (χ2v) is 4.49. The lowest BCUT2D eigenvalue weighted by Crippen LogP contribution is -2.18. The molecular weight excluding hydrogens is 208 g/mol. The molecular formula is C15H18N2. The molecule has 0 amide bonds. The van der Waals surface area contributed by atoms with Crippen LogP contribution in [-0.4, -0.2) is 11.0 Å². The highest BCUT2D eigenvalue weighted by molar-refractivity contribution is 5.43. The van der Waals surface area contributed by atoms with Crippen molar-refractivity contribution in [3.05, 3.63) is 59.9 Å². The summed E-state index contributed by atoms with van der Waals surface area (Å²) in [6.07, 6.45) is 4.76. The van der Waals surface area contributed by atoms with Gasteiger partial charge < -0.3 is 5.32 Å². The van der Waals surface area contributed by atoms with E-state index in [2.05, 4.69) is 54.5 Å². The van der Waals surface area contributed by atoms with Crippen LogP contribution in [0, 0.1) is 6.92 Å². The average molecular weight is 226 g/mol. The molecule has 1 unspecified atom stereocenters. The van der Waals surface area contributed by atoms with Crippen LogP contribution in [0.2, 0.25) is 0 Å². The summed E-state index contributed by atoms with van der Waals surface area (Å²) in [6.45, 7) is 4.25. The second-order valence-electron chi connectivity index (χ2n) is 4.49. The Morgan fingerprint density at radius 3 is 2.65 bits per heavy atom. The van der Waals surface area contributed by atoms with Gasteiger partial charge in [-0.2, -0.15) is 0 Å². The third kappa shape index (κ3) is 3.59. The lowest BCUT2D eigenvalue weighted by Gasteiger charge is -2.15. The second kappa shape index (κ2) is 5.48. The molecule has 1 N–H and O–H groups in total. The van der Waals surface area contributed by atoms with Crippen molar-refractivity contribution in [1.82, 2.24) is 4.98 Å². The molecule has 1 aromatic heterocycles. The van der Waals surface area contributed by atoms with Gasteiger partial charge in [-0.15, -0.1) is 0 Å². The van der Waals surface area contributed by atoms with E-state index in [0.29, 0.717) is 6.04 Å². The van der Waals surface area contributed by atoms with Crippen molar-refractivity contribution in [1.29, 1.82) is 0 Å². The van der Waals surface area contributed by atoms with Crippen LogP contribution in [0.1, 0.15) is 18.1 Å². The molecule has 2 aromatic rings. The SMILES string of the molecule is Cc1cncc(NC(C)Cc2ccccc2)c1. The van der Waals surface area contributed by atoms with E-state index in [1.54, 1.807) is 0 Å². The fourth-order valence-corrected chi connectivity index (χ4v) is 1.94. The average Bonchev–Trinajstić information content (AvgIpc) is 2.30. The van der Waals surface area contributed by atoms with Crippen molar-refractivity contribution in [2.24, 2.45) is 0 Å². The maximum absolute atomic E-state index is 4.18. The molecule has 0 saturated heterocycles. The Morgan fingerprint density at radius 1 is 1.18 bits per heavy atom. The number of anilines is 1. The third-order valence-corrected chi connectivity index (χ3v) is 2.67. The molecule has 2 nitrogen and oxygen atoms in total. The van der Waals surface area contributed by atoms with Crippen LogP contribution in [0.5, 0.6) is 0 Å². The summed E-state index contributed by atoms with van der Waals surface area (Å²) in [4.78, 5) is 4.18. The minimum atomic E-state index is 0.404. The Morgan fingerprint density at radius 2 is 1.94 bits per heavy atom. The minimum Gasteiger partial charge on any atom is -0.381 e. The summed E-state index contributed by atoms with van der Waals surface area (Å²) in [6, 6.07) is 13.0. The van der Waals surface area contributed by atoms with E-state index in [1.807, 2.05) is 18.5 Å². The Kier molecular flexibility index (Phi) is 3.76. The number of aromatic nitrogens is 1. The van der Waals surface area contributed by atoms with Crippen LogP contribution in [0.25, 0.3) is 0 Å². The number of hydrogen-bond acceptors (Lipinski definition) is 2. The first-order valence-electron chi connectivity index (χ1n) is 5.96. The third-order valence-electron chi connectivity index (χ3n) is 2.67. The van der Waals surface area contributed by atoms with E-state index in [4.69, 9.17) is 0 Å². The fraction of sp³-hybridized carbons (Fsp3) is 0.267. The van der Waals surface area contributed by atoms with Gasteiger partial charge in [0.15, 0.2) is 0 Å². The molecule has 0 spiro atoms. The van der Waals surface area contributed by atoms with Crippen molar-refractivity contribution in [2.75, 3.05) is 5.32 Å². The molecule has 0 aliphatic carbocycles. The van der Waals surface area contributed by atoms with Gasteiger partial charge in [-0.3, -0.25) is 4.98 Å². The van der Waals surface area contributed by atoms with Crippen LogP contribution in [0.15, 0.2) is 48.8 Å². The van der Waals surface area contributed by atoms with Crippen LogP contribution in [0.4, 0.5) is 5.69 Å². The molecule has 0 bridgehead atoms. The summed E-state index contributed by atoms with van der Waals surface area (Å²) < 4.78 is 0. The maximum Gasteiger partial charge on any atom is 0.0531 e. The summed E-state index contributed by atoms with van der Waals surface area (Å²) in [5.41, 5.74) is 3.63. The largest absolute Gasteiger partial charge is 0.381 e. The molecule has 1 heterocycles. The van der Waals surface area contributed by atoms with Crippen LogP contribution in [0.3, 0.4) is 0 Å². The fourth-order valence-electron chi connectivity index (χ4n) is 1.94. The molecule has 2 heteroatoms. The first kappa shape index (κ1) is 11.6. The minimum absolute atomic E-state index is 0.404. The summed E-state index contributed by atoms with van der Waals surface area (Å²) >= 11 is 0. The Balaban J connectivity index is 1.96. The predicted octanol–water partition coefficient (Wildman–Crippen LogP) is 3.43. The van der Waals surface area contributed by atoms with Gasteiger partial charge in [0, 0.05) is 18.4 Å². The summed E-state index contributed by atoms with van der Waals surface area (Å²) in [5.74, 6) is 0. The Labute approximate surface area is 103 Å². The van der Waals surface area contributed by atoms with Crippen molar-refractivity contribution >= 4 is 5.69 Å². The van der Waals surface area contributed by atoms with Crippen LogP contribution >= 0.6 is 0 Å². The van der Waals surface area contributed by atoms with Gasteiger partial charge in [-0.1, -0.05) is 30.3 Å². The van der Waals surface area contributed by atoms with Crippen molar-refractivity contribution in [2.45, 2.75) is 26.3 Å². The normalized spacial score (nSPS) is 12.1. The molecule has 1 aromatic carbocycles. The number of pyridine rings is 1. The number of aryl methyl sites for hydroxylation is 1. The lowest BCUT2D eigenvalue weighted by atomic mass is 10.1. The molecule has 17 heavy (non-hydrogen) atoms. The zero-order valence-electron chi connectivity index (χ0n) is 10.4. The van der Waals surface area contributed by atoms with Gasteiger partial charge in [-0.05, 0) is 37.5 Å². The van der Waals surface area contributed by atoms with E-state index in [0.717, 1.165) is 12.1 Å². The van der Waals surface area contributed by atoms with Crippen molar-refractivity contribution in [3.8, 4) is 0 Å². The molecule has 88 valence electrons. The van der Waals surface area contributed by atoms with Crippen molar-refractivity contribution in [3.63, 3.8) is 0 Å². The highest BCUT2D eigenvalue weighted by Gasteiger charge is 2.03. The number of hydrogen-bond donors (Lipinski definition) is 1. The number of nitrogens with one attached hydrogen (secondary N) is 1. The van der Waals surface area contributed by atoms with E-state index in [-0.39, 0.29) is 0 Å². The highest BCUT2D eigenvalue weighted by Crippen LogP contribution is 2.11. The van der Waals surface area contributed by atoms with E-state index >= 15 is 0 Å². The van der Waals surface area contributed by atoms with Gasteiger partial charge >= 0.3 is 0 Å². The number of nitrogens with zero attached hydrogens (tertiary/aromatic N) is 1. The molecule has 1 atom stereocenters. The first-order valence-corrected chi connectivity index (χ1v) is 5.96. The van der Waals surface area contributed by atoms with Gasteiger partial charge in [0.2, 0.25) is 0 Å². The standard InChI is InChI=1S/C15H18N2/c1-12-8-15(11-16-10-12)17-13(2)9-14-6-4-3-5-7-14/h3-8,10-11,13,17H,9H2,1-2H3. The molecule has 0 radical (unpaired) electrons. The summed E-state index contributed by atoms with van der Waals surface area (Å²) in [5, 5.41) is 3.47. The Bertz CT molecular complexity index is 465. The molecule has 0 saturated carbocycles. The topological polar surface area (TPSA) is 24.9 Å². The van der Waals surface area contributed by atoms with Crippen LogP contribution in [-0.2, 0) is 6.42 Å². The lowest BCUT2D eigenvalue weighted by molar-refractivity contribution is 0.789. The summed E-state index contributed by atoms with van der Waals surface area (Å²) in [7, 11) is 0. The predicted molar refractivity (Wildman–Crippen MR) is 72.2 cm³/mol. The van der Waals surface area contributed by atoms with Crippen LogP contribution < -0.4 is 5.32 Å². The number of rotatable bonds is 4. The molecule has 0 aliphatic rings. The zero-order valence-corrected chi connectivity index (χ0v) is 10.4. The van der Waals surface area contributed by atoms with Gasteiger partial charge in [0.05, 0.1) is 5.69 Å². The molecule has 0 fully saturated rings. The van der Waals surface area contributed by atoms with E-state index in [1.165, 1.54) is 11.1 Å². The van der Waals surface area contributed by atoms with Crippen molar-refractivity contribution < 1.29 is 0 Å². The Hall–Kier alpha value is -1.83. The van der Waals surface area contributed by atoms with E-state index in [9.17, 15) is 0 Å². The quantitative estimate of drug-likeness (QED) is 0.864. The van der Waals surface area contributed by atoms with Gasteiger partial charge in [0.1, 0.15) is 0 Å². The zero-order chi connectivity index (χ0) is 12.1. The monoisotopic (exact) mass is 226 g/mol.